The molecule has 0 aromatic heterocycles. The Morgan fingerprint density at radius 3 is 2.40 bits per heavy atom. The molecule has 3 fully saturated rings. The molecule has 0 aromatic carbocycles. The molecule has 1 aliphatic carbocycles. The van der Waals surface area contributed by atoms with Gasteiger partial charge in [-0.3, -0.25) is 14.4 Å². The van der Waals surface area contributed by atoms with Gasteiger partial charge in [0.1, 0.15) is 24.0 Å². The maximum absolute atomic E-state index is 14.4. The van der Waals surface area contributed by atoms with Crippen molar-refractivity contribution in [3.8, 4) is 0 Å². The zero-order valence-corrected chi connectivity index (χ0v) is 37.0. The summed E-state index contributed by atoms with van der Waals surface area (Å²) in [6.07, 6.45) is 5.69. The summed E-state index contributed by atoms with van der Waals surface area (Å²) in [4.78, 5) is 61.0. The Labute approximate surface area is 355 Å². The number of azide groups is 1. The monoisotopic (exact) mass is 843 g/mol. The van der Waals surface area contributed by atoms with Gasteiger partial charge in [-0.15, -0.1) is 6.58 Å². The first-order valence-corrected chi connectivity index (χ1v) is 21.9. The highest BCUT2D eigenvalue weighted by molar-refractivity contribution is 6.39. The number of ketones is 2. The molecule has 2 bridgehead atoms. The second kappa shape index (κ2) is 22.6. The minimum atomic E-state index is -2.52. The van der Waals surface area contributed by atoms with E-state index >= 15 is 0 Å². The average Bonchev–Trinajstić information content (AvgIpc) is 3.23. The number of fused-ring (bicyclic) bond motifs is 3. The van der Waals surface area contributed by atoms with Gasteiger partial charge in [-0.05, 0) is 101 Å². The van der Waals surface area contributed by atoms with Crippen LogP contribution in [-0.4, -0.2) is 120 Å². The van der Waals surface area contributed by atoms with E-state index in [1.54, 1.807) is 19.9 Å². The zero-order valence-electron chi connectivity index (χ0n) is 37.0. The van der Waals surface area contributed by atoms with E-state index in [1.807, 2.05) is 39.8 Å². The van der Waals surface area contributed by atoms with Crippen molar-refractivity contribution in [2.24, 2.45) is 34.7 Å². The van der Waals surface area contributed by atoms with Gasteiger partial charge in [-0.2, -0.15) is 0 Å². The summed E-state index contributed by atoms with van der Waals surface area (Å²) >= 11 is 0. The number of carbonyl (C=O) groups excluding carboxylic acids is 4. The van der Waals surface area contributed by atoms with E-state index in [9.17, 15) is 29.4 Å². The number of Topliss-reactive ketones (excluding diaryl/α,β-unsaturated/α-hetero) is 2. The Bertz CT molecular complexity index is 1630. The third kappa shape index (κ3) is 11.9. The van der Waals surface area contributed by atoms with E-state index in [1.165, 1.54) is 19.1 Å². The van der Waals surface area contributed by atoms with E-state index in [2.05, 4.69) is 16.6 Å². The van der Waals surface area contributed by atoms with Gasteiger partial charge in [0.15, 0.2) is 0 Å². The van der Waals surface area contributed by atoms with Crippen LogP contribution >= 0.6 is 0 Å². The molecule has 2 saturated heterocycles. The number of rotatable bonds is 9. The standard InChI is InChI=1S/C45H70N4O11/c1-10-18-58-37-24-31(15-16-33(37)47-48-46)22-28(5)40-30(7)35(50)25-36(51)32(11-2)20-26(3)19-27(4)21-38(56-8)41-39(57-9)23-29(6)45(55,60-41)42(52)43(53)49-17-13-12-14-34(49)44(54)59-40/h10,20,22,27,29-35,37-41,50,55H,1,11-19,21,23-25H2,2-9H3. The van der Waals surface area contributed by atoms with Gasteiger partial charge in [0.05, 0.1) is 37.1 Å². The largest absolute Gasteiger partial charge is 0.456 e. The number of ether oxygens (including phenoxy) is 5. The average molecular weight is 843 g/mol. The van der Waals surface area contributed by atoms with Crippen LogP contribution in [0.5, 0.6) is 0 Å². The van der Waals surface area contributed by atoms with Crippen LogP contribution in [0.2, 0.25) is 0 Å². The molecule has 2 N–H and O–H groups in total. The van der Waals surface area contributed by atoms with Crippen LogP contribution in [-0.2, 0) is 42.9 Å². The summed E-state index contributed by atoms with van der Waals surface area (Å²) in [5.41, 5.74) is 10.8. The number of esters is 1. The number of aliphatic hydroxyl groups is 2. The van der Waals surface area contributed by atoms with Gasteiger partial charge in [-0.1, -0.05) is 56.6 Å². The molecule has 336 valence electrons. The van der Waals surface area contributed by atoms with Gasteiger partial charge in [0.25, 0.3) is 11.7 Å². The molecule has 3 heterocycles. The van der Waals surface area contributed by atoms with Gasteiger partial charge in [0.2, 0.25) is 5.79 Å². The lowest BCUT2D eigenvalue weighted by Crippen LogP contribution is -2.64. The Morgan fingerprint density at radius 1 is 1.05 bits per heavy atom. The molecule has 4 rings (SSSR count). The third-order valence-corrected chi connectivity index (χ3v) is 13.2. The van der Waals surface area contributed by atoms with Gasteiger partial charge < -0.3 is 38.8 Å². The summed E-state index contributed by atoms with van der Waals surface area (Å²) in [6, 6.07) is -1.51. The Balaban J connectivity index is 1.76. The van der Waals surface area contributed by atoms with E-state index in [0.29, 0.717) is 56.9 Å². The van der Waals surface area contributed by atoms with Crippen molar-refractivity contribution in [3.63, 3.8) is 0 Å². The highest BCUT2D eigenvalue weighted by atomic mass is 16.7. The van der Waals surface area contributed by atoms with Gasteiger partial charge in [-0.25, -0.2) is 4.79 Å². The second-order valence-corrected chi connectivity index (χ2v) is 17.7. The summed E-state index contributed by atoms with van der Waals surface area (Å²) in [5.74, 6) is -7.70. The van der Waals surface area contributed by atoms with Crippen molar-refractivity contribution < 1.29 is 53.1 Å². The highest BCUT2D eigenvalue weighted by Gasteiger charge is 2.56. The number of allylic oxidation sites excluding steroid dienone is 3. The van der Waals surface area contributed by atoms with E-state index < -0.39 is 77.8 Å². The van der Waals surface area contributed by atoms with Crippen molar-refractivity contribution in [2.75, 3.05) is 27.4 Å². The highest BCUT2D eigenvalue weighted by Crippen LogP contribution is 2.39. The van der Waals surface area contributed by atoms with Crippen LogP contribution in [0, 0.1) is 29.6 Å². The number of amides is 1. The van der Waals surface area contributed by atoms with Crippen LogP contribution in [0.3, 0.4) is 0 Å². The Hall–Kier alpha value is -3.43. The number of carbonyl (C=O) groups is 4. The molecular weight excluding hydrogens is 773 g/mol. The topological polar surface area (TPSA) is 207 Å². The Morgan fingerprint density at radius 2 is 1.75 bits per heavy atom. The second-order valence-electron chi connectivity index (χ2n) is 17.7. The van der Waals surface area contributed by atoms with Gasteiger partial charge in [0, 0.05) is 49.9 Å². The Kier molecular flexibility index (Phi) is 18.5. The normalized spacial score (nSPS) is 38.4. The lowest BCUT2D eigenvalue weighted by Gasteiger charge is -2.47. The molecule has 15 heteroatoms. The fourth-order valence-corrected chi connectivity index (χ4v) is 9.71. The molecule has 15 nitrogen and oxygen atoms in total. The summed E-state index contributed by atoms with van der Waals surface area (Å²) < 4.78 is 30.3. The number of aliphatic hydroxyl groups excluding tert-OH is 1. The number of cyclic esters (lactones) is 1. The molecule has 1 saturated carbocycles. The minimum absolute atomic E-state index is 0.0233. The molecule has 14 atom stereocenters. The van der Waals surface area contributed by atoms with E-state index in [-0.39, 0.29) is 62.2 Å². The van der Waals surface area contributed by atoms with Crippen molar-refractivity contribution in [1.29, 1.82) is 0 Å². The van der Waals surface area contributed by atoms with Crippen LogP contribution < -0.4 is 0 Å². The molecule has 14 unspecified atom stereocenters. The molecule has 0 aromatic rings. The predicted molar refractivity (Wildman–Crippen MR) is 224 cm³/mol. The fraction of sp³-hybridized carbons (Fsp3) is 0.778. The smallest absolute Gasteiger partial charge is 0.329 e. The third-order valence-electron chi connectivity index (χ3n) is 13.2. The van der Waals surface area contributed by atoms with Gasteiger partial charge >= 0.3 is 5.97 Å². The lowest BCUT2D eigenvalue weighted by molar-refractivity contribution is -0.302. The molecule has 0 spiro atoms. The molecule has 0 radical (unpaired) electrons. The molecule has 60 heavy (non-hydrogen) atoms. The first-order valence-electron chi connectivity index (χ1n) is 21.9. The number of nitrogens with zero attached hydrogens (tertiary/aromatic N) is 4. The van der Waals surface area contributed by atoms with Crippen molar-refractivity contribution in [2.45, 2.75) is 167 Å². The van der Waals surface area contributed by atoms with Crippen LogP contribution in [0.4, 0.5) is 0 Å². The molecule has 4 aliphatic rings. The van der Waals surface area contributed by atoms with Crippen molar-refractivity contribution >= 4 is 23.4 Å². The first-order chi connectivity index (χ1) is 28.5. The maximum atomic E-state index is 14.4. The molecule has 3 aliphatic heterocycles. The predicted octanol–water partition coefficient (Wildman–Crippen LogP) is 6.35. The SMILES string of the molecule is C=CCOC1CC(C=C(C)C2OC(=O)C3CCCCN3C(=O)C(=O)C3(O)OC(C(OC)CC(C)CC(C)=CC(CC)C(=O)CC(O)C2C)C(OC)CC3C)CCC1N=[N+]=[N-]. The van der Waals surface area contributed by atoms with Crippen LogP contribution in [0.1, 0.15) is 112 Å². The number of methoxy groups -OCH3 is 2. The summed E-state index contributed by atoms with van der Waals surface area (Å²) in [7, 11) is 3.06. The van der Waals surface area contributed by atoms with Crippen LogP contribution in [0.15, 0.2) is 41.1 Å². The van der Waals surface area contributed by atoms with E-state index in [0.717, 1.165) is 5.57 Å². The number of hydrogen-bond acceptors (Lipinski definition) is 12. The summed E-state index contributed by atoms with van der Waals surface area (Å²) in [6.45, 7) is 15.2. The minimum Gasteiger partial charge on any atom is -0.456 e. The quantitative estimate of drug-likeness (QED) is 0.0653. The fourth-order valence-electron chi connectivity index (χ4n) is 9.71. The van der Waals surface area contributed by atoms with Crippen LogP contribution in [0.25, 0.3) is 10.4 Å². The van der Waals surface area contributed by atoms with Crippen molar-refractivity contribution in [1.82, 2.24) is 4.90 Å². The first kappa shape index (κ1) is 49.2. The number of piperidine rings is 1. The number of hydrogen-bond donors (Lipinski definition) is 2. The zero-order chi connectivity index (χ0) is 44.3. The molecule has 1 amide bonds. The maximum Gasteiger partial charge on any atom is 0.329 e. The van der Waals surface area contributed by atoms with Crippen molar-refractivity contribution in [3.05, 3.63) is 46.4 Å². The van der Waals surface area contributed by atoms with E-state index in [4.69, 9.17) is 29.2 Å². The lowest BCUT2D eigenvalue weighted by atomic mass is 9.81. The molecular formula is C45H70N4O11. The summed E-state index contributed by atoms with van der Waals surface area (Å²) in [5, 5.41) is 27.8.